The van der Waals surface area contributed by atoms with Crippen LogP contribution < -0.4 is 4.72 Å². The van der Waals surface area contributed by atoms with Gasteiger partial charge in [-0.25, -0.2) is 12.8 Å². The molecule has 2 aromatic carbocycles. The molecule has 182 valence electrons. The van der Waals surface area contributed by atoms with Gasteiger partial charge in [-0.2, -0.15) is 0 Å². The lowest BCUT2D eigenvalue weighted by molar-refractivity contribution is -0.142. The van der Waals surface area contributed by atoms with E-state index in [1.807, 2.05) is 37.9 Å². The predicted octanol–water partition coefficient (Wildman–Crippen LogP) is 5.26. The van der Waals surface area contributed by atoms with Gasteiger partial charge in [0.25, 0.3) is 10.0 Å². The summed E-state index contributed by atoms with van der Waals surface area (Å²) in [5, 5.41) is 0.992. The molecule has 1 fully saturated rings. The van der Waals surface area contributed by atoms with Crippen LogP contribution in [0.15, 0.2) is 53.6 Å². The largest absolute Gasteiger partial charge is 0.350 e. The number of fused-ring (bicyclic) bond motifs is 1. The van der Waals surface area contributed by atoms with Gasteiger partial charge in [0.15, 0.2) is 0 Å². The average molecular weight is 486 g/mol. The predicted molar refractivity (Wildman–Crippen MR) is 133 cm³/mol. The van der Waals surface area contributed by atoms with E-state index >= 15 is 0 Å². The molecule has 1 aromatic heterocycles. The van der Waals surface area contributed by atoms with Gasteiger partial charge in [-0.1, -0.05) is 13.8 Å². The third kappa shape index (κ3) is 4.56. The Bertz CT molecular complexity index is 1330. The van der Waals surface area contributed by atoms with Gasteiger partial charge >= 0.3 is 0 Å². The third-order valence-corrected chi connectivity index (χ3v) is 8.17. The molecule has 6 nitrogen and oxygen atoms in total. The second kappa shape index (κ2) is 8.73. The summed E-state index contributed by atoms with van der Waals surface area (Å²) < 4.78 is 43.5. The molecule has 34 heavy (non-hydrogen) atoms. The third-order valence-electron chi connectivity index (χ3n) is 6.77. The molecule has 2 heterocycles. The Kier molecular flexibility index (Phi) is 6.23. The first-order valence-electron chi connectivity index (χ1n) is 11.6. The van der Waals surface area contributed by atoms with Gasteiger partial charge < -0.3 is 9.47 Å². The van der Waals surface area contributed by atoms with Crippen molar-refractivity contribution in [2.45, 2.75) is 56.9 Å². The Morgan fingerprint density at radius 1 is 1.15 bits per heavy atom. The van der Waals surface area contributed by atoms with Crippen molar-refractivity contribution in [2.24, 2.45) is 13.0 Å². The highest BCUT2D eigenvalue weighted by molar-refractivity contribution is 7.92. The van der Waals surface area contributed by atoms with Crippen LogP contribution in [0.25, 0.3) is 10.9 Å². The molecule has 4 rings (SSSR count). The van der Waals surface area contributed by atoms with Gasteiger partial charge in [0.2, 0.25) is 5.91 Å². The summed E-state index contributed by atoms with van der Waals surface area (Å²) in [5.41, 5.74) is 2.35. The minimum atomic E-state index is -3.84. The van der Waals surface area contributed by atoms with Crippen LogP contribution in [0.2, 0.25) is 0 Å². The molecule has 1 atom stereocenters. The molecule has 0 saturated carbocycles. The minimum Gasteiger partial charge on any atom is -0.350 e. The van der Waals surface area contributed by atoms with Crippen molar-refractivity contribution in [3.05, 3.63) is 60.0 Å². The molecule has 1 aliphatic heterocycles. The summed E-state index contributed by atoms with van der Waals surface area (Å²) in [6, 6.07) is 10.3. The van der Waals surface area contributed by atoms with E-state index in [4.69, 9.17) is 0 Å². The molecule has 3 aromatic rings. The first kappa shape index (κ1) is 24.3. The maximum Gasteiger partial charge on any atom is 0.261 e. The number of nitrogens with one attached hydrogen (secondary N) is 1. The molecule has 0 bridgehead atoms. The van der Waals surface area contributed by atoms with Crippen LogP contribution in [0, 0.1) is 11.7 Å². The molecular weight excluding hydrogens is 453 g/mol. The average Bonchev–Trinajstić information content (AvgIpc) is 3.08. The number of sulfonamides is 1. The molecule has 0 unspecified atom stereocenters. The highest BCUT2D eigenvalue weighted by Crippen LogP contribution is 2.41. The molecule has 8 heteroatoms. The van der Waals surface area contributed by atoms with Crippen molar-refractivity contribution >= 4 is 32.5 Å². The maximum absolute atomic E-state index is 13.2. The number of carbonyl (C=O) groups excluding carboxylic acids is 1. The minimum absolute atomic E-state index is 0.00576. The van der Waals surface area contributed by atoms with Crippen LogP contribution in [0.4, 0.5) is 10.1 Å². The van der Waals surface area contributed by atoms with E-state index in [0.29, 0.717) is 12.2 Å². The summed E-state index contributed by atoms with van der Waals surface area (Å²) in [5.74, 6) is -0.0962. The van der Waals surface area contributed by atoms with Crippen LogP contribution >= 0.6 is 0 Å². The lowest BCUT2D eigenvalue weighted by Crippen LogP contribution is -2.53. The number of halogens is 1. The number of rotatable bonds is 5. The van der Waals surface area contributed by atoms with E-state index in [1.54, 1.807) is 6.07 Å². The number of hydrogen-bond acceptors (Lipinski definition) is 3. The normalized spacial score (nSPS) is 18.4. The van der Waals surface area contributed by atoms with E-state index in [0.717, 1.165) is 41.4 Å². The van der Waals surface area contributed by atoms with Crippen molar-refractivity contribution in [3.8, 4) is 0 Å². The van der Waals surface area contributed by atoms with Gasteiger partial charge in [-0.05, 0) is 80.6 Å². The smallest absolute Gasteiger partial charge is 0.261 e. The number of likely N-dealkylation sites (tertiary alicyclic amines) is 1. The van der Waals surface area contributed by atoms with Crippen LogP contribution in [0.5, 0.6) is 0 Å². The van der Waals surface area contributed by atoms with Crippen LogP contribution in [0.1, 0.15) is 52.0 Å². The van der Waals surface area contributed by atoms with Crippen molar-refractivity contribution < 1.29 is 17.6 Å². The second-order valence-electron chi connectivity index (χ2n) is 10.1. The molecule has 1 aliphatic rings. The number of amides is 1. The number of aryl methyl sites for hydroxylation is 1. The SMILES string of the molecule is CC(C)C(=O)N1CC[C@@H](c2cn(C)c3ccc(NS(=O)(=O)c4ccc(F)cc4)cc23)CC1(C)C. The molecule has 0 spiro atoms. The van der Waals surface area contributed by atoms with Gasteiger partial charge in [0, 0.05) is 47.8 Å². The summed E-state index contributed by atoms with van der Waals surface area (Å²) in [6.07, 6.45) is 3.80. The van der Waals surface area contributed by atoms with Gasteiger partial charge in [0.1, 0.15) is 5.82 Å². The van der Waals surface area contributed by atoms with Gasteiger partial charge in [-0.3, -0.25) is 9.52 Å². The fourth-order valence-electron chi connectivity index (χ4n) is 5.03. The Morgan fingerprint density at radius 2 is 1.82 bits per heavy atom. The lowest BCUT2D eigenvalue weighted by atomic mass is 9.78. The maximum atomic E-state index is 13.2. The topological polar surface area (TPSA) is 71.4 Å². The summed E-state index contributed by atoms with van der Waals surface area (Å²) in [6.45, 7) is 8.80. The van der Waals surface area contributed by atoms with Crippen molar-refractivity contribution in [3.63, 3.8) is 0 Å². The number of aromatic nitrogens is 1. The van der Waals surface area contributed by atoms with E-state index in [1.165, 1.54) is 12.1 Å². The summed E-state index contributed by atoms with van der Waals surface area (Å²) in [7, 11) is -1.86. The number of hydrogen-bond donors (Lipinski definition) is 1. The lowest BCUT2D eigenvalue weighted by Gasteiger charge is -2.46. The zero-order valence-corrected chi connectivity index (χ0v) is 21.1. The highest BCUT2D eigenvalue weighted by Gasteiger charge is 2.39. The van der Waals surface area contributed by atoms with Crippen molar-refractivity contribution in [1.29, 1.82) is 0 Å². The summed E-state index contributed by atoms with van der Waals surface area (Å²) >= 11 is 0. The molecule has 0 radical (unpaired) electrons. The van der Waals surface area contributed by atoms with Crippen LogP contribution in [-0.2, 0) is 21.9 Å². The Hall–Kier alpha value is -2.87. The van der Waals surface area contributed by atoms with Crippen LogP contribution in [-0.4, -0.2) is 35.9 Å². The van der Waals surface area contributed by atoms with E-state index in [-0.39, 0.29) is 28.2 Å². The quantitative estimate of drug-likeness (QED) is 0.536. The number of nitrogens with zero attached hydrogens (tertiary/aromatic N) is 2. The number of piperidine rings is 1. The van der Waals surface area contributed by atoms with Gasteiger partial charge in [0.05, 0.1) is 4.90 Å². The second-order valence-corrected chi connectivity index (χ2v) is 11.8. The number of carbonyl (C=O) groups is 1. The van der Waals surface area contributed by atoms with E-state index in [2.05, 4.69) is 29.3 Å². The standard InChI is InChI=1S/C26H32FN3O3S/c1-17(2)25(31)30-13-12-18(15-26(30,3)4)23-16-29(5)24-11-8-20(14-22(23)24)28-34(32,33)21-9-6-19(27)7-10-21/h6-11,14,16-18,28H,12-13,15H2,1-5H3/t18-/m1/s1. The van der Waals surface area contributed by atoms with E-state index < -0.39 is 15.8 Å². The monoisotopic (exact) mass is 485 g/mol. The Morgan fingerprint density at radius 3 is 2.44 bits per heavy atom. The molecule has 1 N–H and O–H groups in total. The molecule has 1 saturated heterocycles. The van der Waals surface area contributed by atoms with Crippen molar-refractivity contribution in [1.82, 2.24) is 9.47 Å². The fourth-order valence-corrected chi connectivity index (χ4v) is 6.08. The Labute approximate surface area is 200 Å². The van der Waals surface area contributed by atoms with Crippen LogP contribution in [0.3, 0.4) is 0 Å². The number of benzene rings is 2. The first-order chi connectivity index (χ1) is 15.9. The number of anilines is 1. The first-order valence-corrected chi connectivity index (χ1v) is 13.1. The fraction of sp³-hybridized carbons (Fsp3) is 0.423. The zero-order chi connectivity index (χ0) is 24.8. The van der Waals surface area contributed by atoms with E-state index in [9.17, 15) is 17.6 Å². The summed E-state index contributed by atoms with van der Waals surface area (Å²) in [4.78, 5) is 14.7. The highest BCUT2D eigenvalue weighted by atomic mass is 32.2. The molecule has 0 aliphatic carbocycles. The zero-order valence-electron chi connectivity index (χ0n) is 20.3. The van der Waals surface area contributed by atoms with Gasteiger partial charge in [-0.15, -0.1) is 0 Å². The molecular formula is C26H32FN3O3S. The Balaban J connectivity index is 1.64. The van der Waals surface area contributed by atoms with Crippen molar-refractivity contribution in [2.75, 3.05) is 11.3 Å². The molecule has 1 amide bonds.